The number of rotatable bonds is 8. The monoisotopic (exact) mass is 252 g/mol. The van der Waals surface area contributed by atoms with Crippen LogP contribution in [0.2, 0.25) is 0 Å². The van der Waals surface area contributed by atoms with E-state index in [1.807, 2.05) is 37.8 Å². The third-order valence-corrected chi connectivity index (χ3v) is 3.19. The van der Waals surface area contributed by atoms with Gasteiger partial charge >= 0.3 is 0 Å². The molecular formula is C13H24N4O. The minimum absolute atomic E-state index is 0.278. The molecule has 0 fully saturated rings. The second-order valence-corrected chi connectivity index (χ2v) is 4.96. The zero-order chi connectivity index (χ0) is 13.6. The number of nitrogens with zero attached hydrogens (tertiary/aromatic N) is 2. The van der Waals surface area contributed by atoms with Gasteiger partial charge in [-0.2, -0.15) is 5.10 Å². The molecule has 1 amide bonds. The number of unbranched alkanes of at least 4 members (excludes halogenated alkanes) is 1. The summed E-state index contributed by atoms with van der Waals surface area (Å²) in [6, 6.07) is 0. The van der Waals surface area contributed by atoms with Crippen LogP contribution < -0.4 is 11.1 Å². The Morgan fingerprint density at radius 1 is 1.56 bits per heavy atom. The SMILES string of the molecule is CCNC(C)(CCCCn1cc(C)cn1)C(N)=O. The number of likely N-dealkylation sites (N-methyl/N-ethyl adjacent to an activating group) is 1. The second kappa shape index (κ2) is 6.54. The van der Waals surface area contributed by atoms with Crippen molar-refractivity contribution < 1.29 is 4.79 Å². The molecule has 0 bridgehead atoms. The van der Waals surface area contributed by atoms with Crippen LogP contribution in [0.15, 0.2) is 12.4 Å². The van der Waals surface area contributed by atoms with Gasteiger partial charge in [0, 0.05) is 12.7 Å². The van der Waals surface area contributed by atoms with E-state index in [1.165, 1.54) is 5.56 Å². The van der Waals surface area contributed by atoms with E-state index >= 15 is 0 Å². The Balaban J connectivity index is 2.33. The molecule has 0 saturated carbocycles. The van der Waals surface area contributed by atoms with Crippen LogP contribution in [0.25, 0.3) is 0 Å². The lowest BCUT2D eigenvalue weighted by Crippen LogP contribution is -2.52. The molecule has 5 nitrogen and oxygen atoms in total. The number of primary amides is 1. The maximum absolute atomic E-state index is 11.4. The molecule has 1 aromatic rings. The van der Waals surface area contributed by atoms with Gasteiger partial charge in [0.1, 0.15) is 0 Å². The first kappa shape index (κ1) is 14.7. The number of hydrogen-bond donors (Lipinski definition) is 2. The lowest BCUT2D eigenvalue weighted by atomic mass is 9.94. The molecule has 1 heterocycles. The number of aryl methyl sites for hydroxylation is 2. The predicted octanol–water partition coefficient (Wildman–Crippen LogP) is 1.22. The van der Waals surface area contributed by atoms with Crippen molar-refractivity contribution in [2.24, 2.45) is 5.73 Å². The normalized spacial score (nSPS) is 14.4. The maximum Gasteiger partial charge on any atom is 0.237 e. The van der Waals surface area contributed by atoms with Gasteiger partial charge in [0.25, 0.3) is 0 Å². The van der Waals surface area contributed by atoms with E-state index < -0.39 is 5.54 Å². The molecule has 5 heteroatoms. The quantitative estimate of drug-likeness (QED) is 0.683. The summed E-state index contributed by atoms with van der Waals surface area (Å²) in [5, 5.41) is 7.39. The lowest BCUT2D eigenvalue weighted by molar-refractivity contribution is -0.124. The molecule has 0 aromatic carbocycles. The van der Waals surface area contributed by atoms with Crippen LogP contribution in [0, 0.1) is 6.92 Å². The Hall–Kier alpha value is -1.36. The topological polar surface area (TPSA) is 72.9 Å². The molecule has 18 heavy (non-hydrogen) atoms. The summed E-state index contributed by atoms with van der Waals surface area (Å²) in [5.74, 6) is -0.278. The Morgan fingerprint density at radius 3 is 2.78 bits per heavy atom. The molecule has 3 N–H and O–H groups in total. The molecule has 0 spiro atoms. The average Bonchev–Trinajstić information content (AvgIpc) is 2.71. The Kier molecular flexibility index (Phi) is 5.34. The Bertz CT molecular complexity index is 388. The minimum Gasteiger partial charge on any atom is -0.368 e. The summed E-state index contributed by atoms with van der Waals surface area (Å²) in [5.41, 5.74) is 6.02. The highest BCUT2D eigenvalue weighted by Gasteiger charge is 2.28. The van der Waals surface area contributed by atoms with Gasteiger partial charge in [-0.15, -0.1) is 0 Å². The first-order chi connectivity index (χ1) is 8.48. The van der Waals surface area contributed by atoms with Gasteiger partial charge in [0.15, 0.2) is 0 Å². The number of hydrogen-bond acceptors (Lipinski definition) is 3. The maximum atomic E-state index is 11.4. The van der Waals surface area contributed by atoms with E-state index in [9.17, 15) is 4.79 Å². The summed E-state index contributed by atoms with van der Waals surface area (Å²) in [6.45, 7) is 7.51. The molecule has 0 aliphatic carbocycles. The largest absolute Gasteiger partial charge is 0.368 e. The van der Waals surface area contributed by atoms with Crippen molar-refractivity contribution in [3.05, 3.63) is 18.0 Å². The molecule has 0 saturated heterocycles. The zero-order valence-corrected chi connectivity index (χ0v) is 11.6. The first-order valence-electron chi connectivity index (χ1n) is 6.52. The van der Waals surface area contributed by atoms with Crippen molar-refractivity contribution >= 4 is 5.91 Å². The zero-order valence-electron chi connectivity index (χ0n) is 11.6. The third-order valence-electron chi connectivity index (χ3n) is 3.19. The number of nitrogens with two attached hydrogens (primary N) is 1. The number of carbonyl (C=O) groups excluding carboxylic acids is 1. The number of nitrogens with one attached hydrogen (secondary N) is 1. The van der Waals surface area contributed by atoms with Crippen molar-refractivity contribution in [1.82, 2.24) is 15.1 Å². The highest BCUT2D eigenvalue weighted by molar-refractivity contribution is 5.84. The van der Waals surface area contributed by atoms with Crippen LogP contribution in [0.3, 0.4) is 0 Å². The van der Waals surface area contributed by atoms with Crippen LogP contribution in [0.1, 0.15) is 38.7 Å². The fraction of sp³-hybridized carbons (Fsp3) is 0.692. The average molecular weight is 252 g/mol. The fourth-order valence-electron chi connectivity index (χ4n) is 2.03. The van der Waals surface area contributed by atoms with E-state index in [4.69, 9.17) is 5.73 Å². The smallest absolute Gasteiger partial charge is 0.237 e. The molecule has 1 rings (SSSR count). The van der Waals surface area contributed by atoms with Crippen LogP contribution in [0.5, 0.6) is 0 Å². The summed E-state index contributed by atoms with van der Waals surface area (Å²) in [4.78, 5) is 11.4. The van der Waals surface area contributed by atoms with Crippen molar-refractivity contribution in [3.8, 4) is 0 Å². The highest BCUT2D eigenvalue weighted by atomic mass is 16.1. The van der Waals surface area contributed by atoms with Gasteiger partial charge < -0.3 is 11.1 Å². The number of carbonyl (C=O) groups is 1. The summed E-state index contributed by atoms with van der Waals surface area (Å²) in [6.07, 6.45) is 6.58. The van der Waals surface area contributed by atoms with Gasteiger partial charge in [-0.1, -0.05) is 6.92 Å². The minimum atomic E-state index is -0.589. The van der Waals surface area contributed by atoms with Crippen LogP contribution in [-0.4, -0.2) is 27.8 Å². The Labute approximate surface area is 109 Å². The first-order valence-corrected chi connectivity index (χ1v) is 6.52. The van der Waals surface area contributed by atoms with E-state index in [0.717, 1.165) is 32.4 Å². The molecule has 1 atom stereocenters. The molecule has 0 aliphatic heterocycles. The van der Waals surface area contributed by atoms with Gasteiger partial charge in [-0.05, 0) is 45.2 Å². The highest BCUT2D eigenvalue weighted by Crippen LogP contribution is 2.14. The van der Waals surface area contributed by atoms with Crippen LogP contribution in [-0.2, 0) is 11.3 Å². The van der Waals surface area contributed by atoms with Gasteiger partial charge in [-0.3, -0.25) is 9.48 Å². The van der Waals surface area contributed by atoms with E-state index in [-0.39, 0.29) is 5.91 Å². The fourth-order valence-corrected chi connectivity index (χ4v) is 2.03. The second-order valence-electron chi connectivity index (χ2n) is 4.96. The third kappa shape index (κ3) is 4.14. The lowest BCUT2D eigenvalue weighted by Gasteiger charge is -2.26. The molecule has 0 radical (unpaired) electrons. The van der Waals surface area contributed by atoms with Crippen molar-refractivity contribution in [2.45, 2.75) is 52.1 Å². The van der Waals surface area contributed by atoms with Gasteiger partial charge in [0.2, 0.25) is 5.91 Å². The standard InChI is InChI=1S/C13H24N4O/c1-4-15-13(3,12(14)18)7-5-6-8-17-10-11(2)9-16-17/h9-10,15H,4-8H2,1-3H3,(H2,14,18). The van der Waals surface area contributed by atoms with Crippen molar-refractivity contribution in [2.75, 3.05) is 6.54 Å². The van der Waals surface area contributed by atoms with Crippen LogP contribution >= 0.6 is 0 Å². The predicted molar refractivity (Wildman–Crippen MR) is 72.1 cm³/mol. The van der Waals surface area contributed by atoms with Gasteiger partial charge in [0.05, 0.1) is 11.7 Å². The molecule has 102 valence electrons. The molecular weight excluding hydrogens is 228 g/mol. The van der Waals surface area contributed by atoms with Crippen molar-refractivity contribution in [3.63, 3.8) is 0 Å². The summed E-state index contributed by atoms with van der Waals surface area (Å²) >= 11 is 0. The summed E-state index contributed by atoms with van der Waals surface area (Å²) < 4.78 is 1.93. The van der Waals surface area contributed by atoms with Gasteiger partial charge in [-0.25, -0.2) is 0 Å². The molecule has 1 unspecified atom stereocenters. The number of amides is 1. The molecule has 1 aromatic heterocycles. The number of aromatic nitrogens is 2. The Morgan fingerprint density at radius 2 is 2.28 bits per heavy atom. The van der Waals surface area contributed by atoms with Crippen LogP contribution in [0.4, 0.5) is 0 Å². The van der Waals surface area contributed by atoms with Crippen molar-refractivity contribution in [1.29, 1.82) is 0 Å². The van der Waals surface area contributed by atoms with E-state index in [2.05, 4.69) is 10.4 Å². The van der Waals surface area contributed by atoms with E-state index in [0.29, 0.717) is 0 Å². The summed E-state index contributed by atoms with van der Waals surface area (Å²) in [7, 11) is 0. The van der Waals surface area contributed by atoms with E-state index in [1.54, 1.807) is 0 Å². The molecule has 0 aliphatic rings.